The van der Waals surface area contributed by atoms with E-state index in [1.54, 1.807) is 24.3 Å². The zero-order valence-electron chi connectivity index (χ0n) is 21.2. The van der Waals surface area contributed by atoms with Crippen molar-refractivity contribution in [1.82, 2.24) is 20.1 Å². The molecule has 0 saturated carbocycles. The third kappa shape index (κ3) is 6.93. The van der Waals surface area contributed by atoms with Gasteiger partial charge in [0.05, 0.1) is 16.3 Å². The number of halogens is 5. The Morgan fingerprint density at radius 1 is 0.854 bits per heavy atom. The zero-order valence-corrected chi connectivity index (χ0v) is 23.5. The van der Waals surface area contributed by atoms with Crippen molar-refractivity contribution in [3.8, 4) is 17.1 Å². The summed E-state index contributed by atoms with van der Waals surface area (Å²) in [4.78, 5) is 12.6. The van der Waals surface area contributed by atoms with Crippen molar-refractivity contribution in [3.05, 3.63) is 129 Å². The molecule has 1 amide bonds. The molecule has 0 spiro atoms. The summed E-state index contributed by atoms with van der Waals surface area (Å²) in [5, 5.41) is 13.2. The number of nitrogens with one attached hydrogen (secondary N) is 1. The summed E-state index contributed by atoms with van der Waals surface area (Å²) >= 11 is 14.2. The second kappa shape index (κ2) is 12.4. The van der Waals surface area contributed by atoms with Crippen LogP contribution in [0.2, 0.25) is 10.0 Å². The predicted octanol–water partition coefficient (Wildman–Crippen LogP) is 8.48. The molecule has 5 rings (SSSR count). The zero-order chi connectivity index (χ0) is 29.0. The van der Waals surface area contributed by atoms with Crippen LogP contribution in [0.25, 0.3) is 17.1 Å². The quantitative estimate of drug-likeness (QED) is 0.178. The third-order valence-electron chi connectivity index (χ3n) is 6.11. The van der Waals surface area contributed by atoms with Gasteiger partial charge in [0.25, 0.3) is 5.91 Å². The summed E-state index contributed by atoms with van der Waals surface area (Å²) in [5.74, 6) is 0.729. The molecule has 0 aliphatic rings. The van der Waals surface area contributed by atoms with E-state index in [0.29, 0.717) is 37.9 Å². The van der Waals surface area contributed by atoms with E-state index in [1.165, 1.54) is 23.9 Å². The molecule has 11 heteroatoms. The van der Waals surface area contributed by atoms with Crippen LogP contribution in [-0.4, -0.2) is 20.7 Å². The van der Waals surface area contributed by atoms with Gasteiger partial charge in [-0.3, -0.25) is 9.36 Å². The fraction of sp³-hybridized carbons (Fsp3) is 0.100. The smallest absolute Gasteiger partial charge is 0.348 e. The highest BCUT2D eigenvalue weighted by molar-refractivity contribution is 7.98. The van der Waals surface area contributed by atoms with Crippen molar-refractivity contribution >= 4 is 40.9 Å². The van der Waals surface area contributed by atoms with E-state index in [-0.39, 0.29) is 12.5 Å². The lowest BCUT2D eigenvalue weighted by Gasteiger charge is -2.12. The Kier molecular flexibility index (Phi) is 8.68. The monoisotopic (exact) mass is 612 g/mol. The highest BCUT2D eigenvalue weighted by atomic mass is 35.5. The lowest BCUT2D eigenvalue weighted by molar-refractivity contribution is -0.137. The number of carbonyl (C=O) groups is 1. The average Bonchev–Trinajstić information content (AvgIpc) is 3.39. The maximum atomic E-state index is 13.0. The molecule has 4 aromatic carbocycles. The van der Waals surface area contributed by atoms with E-state index in [2.05, 4.69) is 15.5 Å². The first-order valence-corrected chi connectivity index (χ1v) is 14.1. The van der Waals surface area contributed by atoms with Gasteiger partial charge in [-0.2, -0.15) is 13.2 Å². The minimum atomic E-state index is -4.44. The minimum Gasteiger partial charge on any atom is -0.348 e. The Morgan fingerprint density at radius 3 is 2.34 bits per heavy atom. The molecule has 0 radical (unpaired) electrons. The topological polar surface area (TPSA) is 59.8 Å². The fourth-order valence-corrected chi connectivity index (χ4v) is 5.38. The molecular formula is C30H21Cl2F3N4OS. The van der Waals surface area contributed by atoms with Gasteiger partial charge in [0, 0.05) is 28.4 Å². The van der Waals surface area contributed by atoms with Crippen molar-refractivity contribution in [1.29, 1.82) is 0 Å². The van der Waals surface area contributed by atoms with Gasteiger partial charge in [-0.15, -0.1) is 10.2 Å². The van der Waals surface area contributed by atoms with E-state index in [0.717, 1.165) is 28.9 Å². The third-order valence-corrected chi connectivity index (χ3v) is 7.67. The summed E-state index contributed by atoms with van der Waals surface area (Å²) < 4.78 is 40.8. The van der Waals surface area contributed by atoms with Gasteiger partial charge < -0.3 is 5.32 Å². The van der Waals surface area contributed by atoms with E-state index >= 15 is 0 Å². The molecule has 0 fully saturated rings. The lowest BCUT2D eigenvalue weighted by atomic mass is 10.1. The standard InChI is InChI=1S/C30H21Cl2F3N4OS/c31-23-7-4-8-24(16-23)39-27(25-9-1-2-10-26(25)32)37-38-29(39)41-18-19-11-13-21(14-12-19)28(40)36-17-20-5-3-6-22(15-20)30(33,34)35/h1-16H,17-18H2,(H,36,40). The molecule has 5 aromatic rings. The molecule has 1 heterocycles. The molecule has 0 saturated heterocycles. The maximum Gasteiger partial charge on any atom is 0.416 e. The number of thioether (sulfide) groups is 1. The number of nitrogens with zero attached hydrogens (tertiary/aromatic N) is 3. The van der Waals surface area contributed by atoms with Crippen LogP contribution in [-0.2, 0) is 18.5 Å². The van der Waals surface area contributed by atoms with Crippen LogP contribution in [0.4, 0.5) is 13.2 Å². The van der Waals surface area contributed by atoms with Gasteiger partial charge in [-0.25, -0.2) is 0 Å². The van der Waals surface area contributed by atoms with Gasteiger partial charge in [-0.05, 0) is 65.7 Å². The Labute approximate surface area is 248 Å². The Bertz CT molecular complexity index is 1690. The predicted molar refractivity (Wildman–Crippen MR) is 155 cm³/mol. The van der Waals surface area contributed by atoms with Crippen LogP contribution in [0, 0.1) is 0 Å². The lowest BCUT2D eigenvalue weighted by Crippen LogP contribution is -2.23. The molecule has 0 atom stereocenters. The van der Waals surface area contributed by atoms with Gasteiger partial charge in [0.15, 0.2) is 11.0 Å². The van der Waals surface area contributed by atoms with E-state index in [9.17, 15) is 18.0 Å². The van der Waals surface area contributed by atoms with Gasteiger partial charge in [0.2, 0.25) is 0 Å². The Balaban J connectivity index is 1.29. The number of carbonyl (C=O) groups excluding carboxylic acids is 1. The first-order valence-electron chi connectivity index (χ1n) is 12.3. The molecule has 1 aromatic heterocycles. The summed E-state index contributed by atoms with van der Waals surface area (Å²) in [7, 11) is 0. The molecule has 1 N–H and O–H groups in total. The molecule has 0 aliphatic carbocycles. The Hall–Kier alpha value is -3.79. The largest absolute Gasteiger partial charge is 0.416 e. The van der Waals surface area contributed by atoms with E-state index in [4.69, 9.17) is 23.2 Å². The maximum absolute atomic E-state index is 13.0. The summed E-state index contributed by atoms with van der Waals surface area (Å²) in [6, 6.07) is 26.6. The van der Waals surface area contributed by atoms with Crippen molar-refractivity contribution in [2.24, 2.45) is 0 Å². The molecule has 5 nitrogen and oxygen atoms in total. The SMILES string of the molecule is O=C(NCc1cccc(C(F)(F)F)c1)c1ccc(CSc2nnc(-c3ccccc3Cl)n2-c2cccc(Cl)c2)cc1. The fourth-order valence-electron chi connectivity index (χ4n) is 4.07. The highest BCUT2D eigenvalue weighted by Gasteiger charge is 2.30. The number of hydrogen-bond acceptors (Lipinski definition) is 4. The van der Waals surface area contributed by atoms with Crippen LogP contribution in [0.1, 0.15) is 27.0 Å². The minimum absolute atomic E-state index is 0.0206. The number of aromatic nitrogens is 3. The summed E-state index contributed by atoms with van der Waals surface area (Å²) in [5.41, 5.74) is 2.46. The van der Waals surface area contributed by atoms with Gasteiger partial charge in [0.1, 0.15) is 0 Å². The molecule has 0 unspecified atom stereocenters. The molecule has 0 aliphatic heterocycles. The Morgan fingerprint density at radius 2 is 1.61 bits per heavy atom. The normalized spacial score (nSPS) is 11.4. The molecule has 41 heavy (non-hydrogen) atoms. The van der Waals surface area contributed by atoms with E-state index in [1.807, 2.05) is 53.1 Å². The first-order chi connectivity index (χ1) is 19.7. The van der Waals surface area contributed by atoms with Gasteiger partial charge >= 0.3 is 6.18 Å². The average molecular weight is 613 g/mol. The van der Waals surface area contributed by atoms with Crippen molar-refractivity contribution in [2.45, 2.75) is 23.6 Å². The van der Waals surface area contributed by atoms with E-state index < -0.39 is 11.7 Å². The number of alkyl halides is 3. The number of amides is 1. The van der Waals surface area contributed by atoms with Gasteiger partial charge in [-0.1, -0.05) is 77.4 Å². The molecule has 208 valence electrons. The van der Waals surface area contributed by atoms with Crippen molar-refractivity contribution < 1.29 is 18.0 Å². The molecular weight excluding hydrogens is 592 g/mol. The molecule has 0 bridgehead atoms. The van der Waals surface area contributed by atoms with Crippen LogP contribution >= 0.6 is 35.0 Å². The number of rotatable bonds is 8. The van der Waals surface area contributed by atoms with Crippen LogP contribution in [0.5, 0.6) is 0 Å². The highest BCUT2D eigenvalue weighted by Crippen LogP contribution is 2.34. The second-order valence-electron chi connectivity index (χ2n) is 8.97. The number of benzene rings is 4. The second-order valence-corrected chi connectivity index (χ2v) is 10.8. The van der Waals surface area contributed by atoms with Crippen LogP contribution in [0.3, 0.4) is 0 Å². The van der Waals surface area contributed by atoms with Crippen molar-refractivity contribution in [2.75, 3.05) is 0 Å². The van der Waals surface area contributed by atoms with Crippen LogP contribution < -0.4 is 5.32 Å². The summed E-state index contributed by atoms with van der Waals surface area (Å²) in [6.07, 6.45) is -4.44. The first kappa shape index (κ1) is 28.7. The summed E-state index contributed by atoms with van der Waals surface area (Å²) in [6.45, 7) is -0.0206. The van der Waals surface area contributed by atoms with Crippen molar-refractivity contribution in [3.63, 3.8) is 0 Å². The van der Waals surface area contributed by atoms with Crippen LogP contribution in [0.15, 0.2) is 102 Å². The number of hydrogen-bond donors (Lipinski definition) is 1.